The molecule has 1 saturated carbocycles. The predicted octanol–water partition coefficient (Wildman–Crippen LogP) is 3.97. The number of benzene rings is 1. The first-order chi connectivity index (χ1) is 16.7. The van der Waals surface area contributed by atoms with Crippen molar-refractivity contribution in [2.45, 2.75) is 51.0 Å². The van der Waals surface area contributed by atoms with Crippen LogP contribution in [0.1, 0.15) is 44.1 Å². The molecule has 2 atom stereocenters. The quantitative estimate of drug-likeness (QED) is 0.510. The molecular weight excluding hydrogens is 424 g/mol. The number of rotatable bonds is 8. The smallest absolute Gasteiger partial charge is 0.151 e. The topological polar surface area (TPSA) is 82.1 Å². The monoisotopic (exact) mass is 462 g/mol. The summed E-state index contributed by atoms with van der Waals surface area (Å²) in [7, 11) is 2.01. The van der Waals surface area contributed by atoms with Gasteiger partial charge in [0, 0.05) is 50.3 Å². The largest absolute Gasteiger partial charge is 0.381 e. The number of hydrogen-bond donors (Lipinski definition) is 1. The van der Waals surface area contributed by atoms with E-state index in [0.29, 0.717) is 5.92 Å². The maximum absolute atomic E-state index is 6.41. The van der Waals surface area contributed by atoms with E-state index < -0.39 is 0 Å². The fourth-order valence-electron chi connectivity index (χ4n) is 5.78. The zero-order chi connectivity index (χ0) is 23.3. The first kappa shape index (κ1) is 23.2. The lowest BCUT2D eigenvalue weighted by molar-refractivity contribution is 0.0711. The highest BCUT2D eigenvalue weighted by Crippen LogP contribution is 2.33. The van der Waals surface area contributed by atoms with Crippen LogP contribution in [-0.2, 0) is 18.2 Å². The third-order valence-corrected chi connectivity index (χ3v) is 7.98. The van der Waals surface area contributed by atoms with E-state index in [1.165, 1.54) is 55.0 Å². The highest BCUT2D eigenvalue weighted by molar-refractivity contribution is 5.79. The standard InChI is InChI=1S/C27H38N6O/c1-32-26-9-8-22(16-23(26)17-30-32)15-21-6-4-20(5-7-21)11-14-34-19-24-18-33(13-10-25(24)28)27-3-2-12-29-31-27/h2-3,8-9,12,16-17,20-21,24-25H,4-7,10-11,13-15,18-19,28H2,1H3/t20?,21?,24-,25-/m0/s1. The Bertz CT molecular complexity index is 1050. The first-order valence-corrected chi connectivity index (χ1v) is 12.9. The van der Waals surface area contributed by atoms with Crippen LogP contribution in [0, 0.1) is 17.8 Å². The molecule has 1 aliphatic carbocycles. The Kier molecular flexibility index (Phi) is 7.40. The van der Waals surface area contributed by atoms with Crippen LogP contribution < -0.4 is 10.6 Å². The van der Waals surface area contributed by atoms with Crippen molar-refractivity contribution in [2.75, 3.05) is 31.2 Å². The molecular formula is C27H38N6O. The van der Waals surface area contributed by atoms with Gasteiger partial charge in [0.25, 0.3) is 0 Å². The van der Waals surface area contributed by atoms with E-state index >= 15 is 0 Å². The van der Waals surface area contributed by atoms with E-state index in [4.69, 9.17) is 10.5 Å². The molecule has 3 aromatic rings. The number of nitrogens with zero attached hydrogens (tertiary/aromatic N) is 5. The van der Waals surface area contributed by atoms with Crippen molar-refractivity contribution in [1.29, 1.82) is 0 Å². The van der Waals surface area contributed by atoms with Gasteiger partial charge in [-0.1, -0.05) is 18.9 Å². The minimum Gasteiger partial charge on any atom is -0.381 e. The molecule has 1 saturated heterocycles. The molecule has 3 heterocycles. The molecule has 2 aliphatic rings. The van der Waals surface area contributed by atoms with E-state index in [2.05, 4.69) is 38.4 Å². The molecule has 0 spiro atoms. The minimum atomic E-state index is 0.203. The Hall–Kier alpha value is -2.51. The van der Waals surface area contributed by atoms with Gasteiger partial charge in [0.2, 0.25) is 0 Å². The van der Waals surface area contributed by atoms with Gasteiger partial charge in [-0.3, -0.25) is 4.68 Å². The number of fused-ring (bicyclic) bond motifs is 1. The Morgan fingerprint density at radius 1 is 1.09 bits per heavy atom. The fourth-order valence-corrected chi connectivity index (χ4v) is 5.78. The van der Waals surface area contributed by atoms with Crippen LogP contribution in [0.5, 0.6) is 0 Å². The van der Waals surface area contributed by atoms with Crippen LogP contribution in [0.2, 0.25) is 0 Å². The highest BCUT2D eigenvalue weighted by atomic mass is 16.5. The van der Waals surface area contributed by atoms with E-state index in [9.17, 15) is 0 Å². The summed E-state index contributed by atoms with van der Waals surface area (Å²) in [6.45, 7) is 3.43. The molecule has 0 radical (unpaired) electrons. The van der Waals surface area contributed by atoms with Gasteiger partial charge in [0.05, 0.1) is 18.3 Å². The zero-order valence-electron chi connectivity index (χ0n) is 20.4. The van der Waals surface area contributed by atoms with Crippen molar-refractivity contribution >= 4 is 16.7 Å². The lowest BCUT2D eigenvalue weighted by Crippen LogP contribution is -2.49. The summed E-state index contributed by atoms with van der Waals surface area (Å²) in [5, 5.41) is 13.9. The maximum Gasteiger partial charge on any atom is 0.151 e. The fraction of sp³-hybridized carbons (Fsp3) is 0.593. The average Bonchev–Trinajstić information content (AvgIpc) is 3.24. The molecule has 0 amide bonds. The summed E-state index contributed by atoms with van der Waals surface area (Å²) in [5.41, 5.74) is 9.07. The molecule has 1 aromatic carbocycles. The molecule has 2 N–H and O–H groups in total. The SMILES string of the molecule is Cn1ncc2cc(CC3CCC(CCOC[C@@H]4CN(c5cccnn5)CC[C@@H]4N)CC3)ccc21. The summed E-state index contributed by atoms with van der Waals surface area (Å²) in [4.78, 5) is 2.29. The third-order valence-electron chi connectivity index (χ3n) is 7.98. The number of aromatic nitrogens is 4. The third kappa shape index (κ3) is 5.58. The van der Waals surface area contributed by atoms with E-state index in [1.807, 2.05) is 30.1 Å². The number of aryl methyl sites for hydroxylation is 1. The Morgan fingerprint density at radius 3 is 2.76 bits per heavy atom. The zero-order valence-corrected chi connectivity index (χ0v) is 20.4. The summed E-state index contributed by atoms with van der Waals surface area (Å²) < 4.78 is 8.09. The van der Waals surface area contributed by atoms with E-state index in [0.717, 1.165) is 50.4 Å². The molecule has 0 bridgehead atoms. The molecule has 1 aliphatic heterocycles. The van der Waals surface area contributed by atoms with E-state index in [1.54, 1.807) is 6.20 Å². The summed E-state index contributed by atoms with van der Waals surface area (Å²) in [6.07, 6.45) is 12.3. The van der Waals surface area contributed by atoms with Gasteiger partial charge < -0.3 is 15.4 Å². The van der Waals surface area contributed by atoms with Crippen molar-refractivity contribution in [2.24, 2.45) is 30.5 Å². The number of hydrogen-bond acceptors (Lipinski definition) is 6. The van der Waals surface area contributed by atoms with Crippen LogP contribution in [0.15, 0.2) is 42.7 Å². The van der Waals surface area contributed by atoms with Gasteiger partial charge in [0.15, 0.2) is 5.82 Å². The van der Waals surface area contributed by atoms with Crippen molar-refractivity contribution < 1.29 is 4.74 Å². The van der Waals surface area contributed by atoms with Crippen molar-refractivity contribution in [3.63, 3.8) is 0 Å². The molecule has 7 nitrogen and oxygen atoms in total. The van der Waals surface area contributed by atoms with Crippen LogP contribution in [0.3, 0.4) is 0 Å². The second-order valence-corrected chi connectivity index (χ2v) is 10.4. The maximum atomic E-state index is 6.41. The molecule has 2 fully saturated rings. The van der Waals surface area contributed by atoms with Gasteiger partial charge in [-0.05, 0) is 73.8 Å². The lowest BCUT2D eigenvalue weighted by Gasteiger charge is -2.37. The summed E-state index contributed by atoms with van der Waals surface area (Å²) in [5.74, 6) is 2.90. The van der Waals surface area contributed by atoms with Crippen molar-refractivity contribution in [1.82, 2.24) is 20.0 Å². The Morgan fingerprint density at radius 2 is 1.94 bits per heavy atom. The lowest BCUT2D eigenvalue weighted by atomic mass is 9.78. The number of nitrogens with two attached hydrogens (primary N) is 1. The number of piperidine rings is 1. The Labute approximate surface area is 202 Å². The Balaban J connectivity index is 1.01. The number of ether oxygens (including phenoxy) is 1. The van der Waals surface area contributed by atoms with Crippen LogP contribution in [0.25, 0.3) is 10.9 Å². The molecule has 0 unspecified atom stereocenters. The molecule has 182 valence electrons. The normalized spacial score (nSPS) is 25.6. The van der Waals surface area contributed by atoms with Crippen LogP contribution in [-0.4, -0.2) is 52.3 Å². The van der Waals surface area contributed by atoms with Crippen LogP contribution >= 0.6 is 0 Å². The van der Waals surface area contributed by atoms with Gasteiger partial charge in [-0.15, -0.1) is 5.10 Å². The average molecular weight is 463 g/mol. The minimum absolute atomic E-state index is 0.203. The molecule has 34 heavy (non-hydrogen) atoms. The van der Waals surface area contributed by atoms with Gasteiger partial charge in [-0.2, -0.15) is 10.2 Å². The highest BCUT2D eigenvalue weighted by Gasteiger charge is 2.28. The van der Waals surface area contributed by atoms with Crippen molar-refractivity contribution in [3.8, 4) is 0 Å². The predicted molar refractivity (Wildman–Crippen MR) is 136 cm³/mol. The van der Waals surface area contributed by atoms with Gasteiger partial charge in [0.1, 0.15) is 0 Å². The molecule has 5 rings (SSSR count). The molecule has 7 heteroatoms. The summed E-state index contributed by atoms with van der Waals surface area (Å²) >= 11 is 0. The first-order valence-electron chi connectivity index (χ1n) is 12.9. The van der Waals surface area contributed by atoms with Crippen LogP contribution in [0.4, 0.5) is 5.82 Å². The van der Waals surface area contributed by atoms with E-state index in [-0.39, 0.29) is 6.04 Å². The van der Waals surface area contributed by atoms with Gasteiger partial charge in [-0.25, -0.2) is 0 Å². The second kappa shape index (κ2) is 10.8. The molecule has 2 aromatic heterocycles. The van der Waals surface area contributed by atoms with Crippen molar-refractivity contribution in [3.05, 3.63) is 48.3 Å². The summed E-state index contributed by atoms with van der Waals surface area (Å²) in [6, 6.07) is 11.0. The number of anilines is 1. The van der Waals surface area contributed by atoms with Gasteiger partial charge >= 0.3 is 0 Å². The second-order valence-electron chi connectivity index (χ2n) is 10.4.